The Kier molecular flexibility index (Phi) is 43.9. The quantitative estimate of drug-likeness (QED) is 0.0271. The van der Waals surface area contributed by atoms with Crippen molar-refractivity contribution in [3.05, 3.63) is 48.6 Å². The van der Waals surface area contributed by atoms with E-state index < -0.39 is 24.5 Å². The molecular formula is C52H92N2O7. The fraction of sp³-hybridized carbons (Fsp3) is 0.769. The molecule has 0 fully saturated rings. The zero-order valence-corrected chi connectivity index (χ0v) is 39.2. The maximum absolute atomic E-state index is 12.8. The Morgan fingerprint density at radius 2 is 0.934 bits per heavy atom. The number of ether oxygens (including phenoxy) is 1. The van der Waals surface area contributed by atoms with Crippen LogP contribution in [0.15, 0.2) is 48.6 Å². The Hall–Kier alpha value is -3.20. The third-order valence-electron chi connectivity index (χ3n) is 11.1. The number of aliphatic hydroxyl groups is 1. The number of hydrogen-bond acceptors (Lipinski definition) is 6. The van der Waals surface area contributed by atoms with Crippen LogP contribution in [0.1, 0.15) is 232 Å². The molecule has 0 aliphatic rings. The number of allylic oxidation sites excluding steroid dienone is 8. The number of amides is 2. The first-order valence-electron chi connectivity index (χ1n) is 25.0. The number of carboxylic acids is 1. The number of aliphatic carboxylic acids is 1. The molecule has 2 atom stereocenters. The highest BCUT2D eigenvalue weighted by atomic mass is 16.5. The molecule has 0 spiro atoms. The zero-order chi connectivity index (χ0) is 44.7. The summed E-state index contributed by atoms with van der Waals surface area (Å²) in [6.45, 7) is 3.38. The van der Waals surface area contributed by atoms with E-state index in [1.807, 2.05) is 0 Å². The molecule has 2 amide bonds. The molecule has 0 aromatic rings. The van der Waals surface area contributed by atoms with E-state index in [1.165, 1.54) is 116 Å². The van der Waals surface area contributed by atoms with Crippen LogP contribution in [0.5, 0.6) is 0 Å². The summed E-state index contributed by atoms with van der Waals surface area (Å²) in [6.07, 6.45) is 55.8. The minimum absolute atomic E-state index is 0.0149. The van der Waals surface area contributed by atoms with Crippen molar-refractivity contribution in [1.29, 1.82) is 0 Å². The van der Waals surface area contributed by atoms with Crippen molar-refractivity contribution in [3.63, 3.8) is 0 Å². The number of carbonyl (C=O) groups is 4. The molecule has 0 rings (SSSR count). The van der Waals surface area contributed by atoms with Crippen LogP contribution < -0.4 is 10.6 Å². The SMILES string of the molecule is CC/C=C\C/C=C\C/C=C\C/C=C\CCCCCCCCCCCCC(=O)OC(CCCCCCCCCCCC)CCCCCCCC(=O)NCC(=O)NC(CO)C(=O)O. The summed E-state index contributed by atoms with van der Waals surface area (Å²) in [5.41, 5.74) is 0. The van der Waals surface area contributed by atoms with Crippen LogP contribution in [0.3, 0.4) is 0 Å². The Bertz CT molecular complexity index is 1160. The Balaban J connectivity index is 4.17. The summed E-state index contributed by atoms with van der Waals surface area (Å²) in [5, 5.41) is 22.6. The van der Waals surface area contributed by atoms with Crippen LogP contribution in [-0.2, 0) is 23.9 Å². The van der Waals surface area contributed by atoms with E-state index in [0.717, 1.165) is 83.5 Å². The molecule has 0 aliphatic carbocycles. The Morgan fingerprint density at radius 3 is 1.41 bits per heavy atom. The fourth-order valence-corrected chi connectivity index (χ4v) is 7.30. The molecule has 9 heteroatoms. The maximum atomic E-state index is 12.8. The van der Waals surface area contributed by atoms with Gasteiger partial charge in [-0.1, -0.05) is 191 Å². The molecule has 61 heavy (non-hydrogen) atoms. The maximum Gasteiger partial charge on any atom is 0.328 e. The third-order valence-corrected chi connectivity index (χ3v) is 11.1. The smallest absolute Gasteiger partial charge is 0.328 e. The average Bonchev–Trinajstić information content (AvgIpc) is 3.25. The lowest BCUT2D eigenvalue weighted by molar-refractivity contribution is -0.150. The molecule has 0 aromatic heterocycles. The highest BCUT2D eigenvalue weighted by molar-refractivity contribution is 5.87. The van der Waals surface area contributed by atoms with Crippen molar-refractivity contribution in [2.75, 3.05) is 13.2 Å². The number of carbonyl (C=O) groups excluding carboxylic acids is 3. The second-order valence-electron chi connectivity index (χ2n) is 16.9. The van der Waals surface area contributed by atoms with Crippen LogP contribution >= 0.6 is 0 Å². The number of carboxylic acid groups (broad SMARTS) is 1. The lowest BCUT2D eigenvalue weighted by atomic mass is 10.0. The standard InChI is InChI=1S/C52H92N2O7/c1-3-5-7-9-11-13-15-16-17-18-19-20-21-22-23-24-25-26-27-29-31-36-40-44-51(58)61-47(41-37-33-30-28-14-12-10-8-6-4-2)42-38-34-32-35-39-43-49(56)53-45-50(57)54-48(46-55)52(59)60/h5,7,11,13,16-17,19-20,47-48,55H,3-4,6,8-10,12,14-15,18,21-46H2,1-2H3,(H,53,56)(H,54,57)(H,59,60)/b7-5-,13-11-,17-16-,20-19-. The van der Waals surface area contributed by atoms with Crippen molar-refractivity contribution in [1.82, 2.24) is 10.6 Å². The van der Waals surface area contributed by atoms with Gasteiger partial charge in [0.2, 0.25) is 11.8 Å². The average molecular weight is 857 g/mol. The second kappa shape index (κ2) is 46.3. The number of unbranched alkanes of at least 4 members (excludes halogenated alkanes) is 23. The lowest BCUT2D eigenvalue weighted by Crippen LogP contribution is -2.47. The highest BCUT2D eigenvalue weighted by Crippen LogP contribution is 2.19. The number of rotatable bonds is 45. The van der Waals surface area contributed by atoms with E-state index in [1.54, 1.807) is 0 Å². The largest absolute Gasteiger partial charge is 0.480 e. The molecule has 0 radical (unpaired) electrons. The minimum atomic E-state index is -1.38. The molecule has 4 N–H and O–H groups in total. The van der Waals surface area contributed by atoms with Gasteiger partial charge in [0.05, 0.1) is 13.2 Å². The van der Waals surface area contributed by atoms with Crippen molar-refractivity contribution < 1.29 is 34.1 Å². The summed E-state index contributed by atoms with van der Waals surface area (Å²) in [7, 11) is 0. The lowest BCUT2D eigenvalue weighted by Gasteiger charge is -2.18. The molecule has 2 unspecified atom stereocenters. The number of hydrogen-bond donors (Lipinski definition) is 4. The number of nitrogens with one attached hydrogen (secondary N) is 2. The van der Waals surface area contributed by atoms with Gasteiger partial charge in [-0.3, -0.25) is 14.4 Å². The Morgan fingerprint density at radius 1 is 0.508 bits per heavy atom. The van der Waals surface area contributed by atoms with E-state index in [4.69, 9.17) is 14.9 Å². The molecule has 0 saturated heterocycles. The number of aliphatic hydroxyl groups excluding tert-OH is 1. The summed E-state index contributed by atoms with van der Waals surface area (Å²) >= 11 is 0. The first-order valence-corrected chi connectivity index (χ1v) is 25.0. The Labute approximate surface area is 373 Å². The zero-order valence-electron chi connectivity index (χ0n) is 39.2. The molecule has 0 aromatic carbocycles. The third kappa shape index (κ3) is 43.3. The van der Waals surface area contributed by atoms with Crippen LogP contribution in [0.25, 0.3) is 0 Å². The predicted molar refractivity (Wildman–Crippen MR) is 254 cm³/mol. The predicted octanol–water partition coefficient (Wildman–Crippen LogP) is 13.1. The first-order chi connectivity index (χ1) is 29.8. The summed E-state index contributed by atoms with van der Waals surface area (Å²) < 4.78 is 6.05. The normalized spacial score (nSPS) is 12.8. The van der Waals surface area contributed by atoms with Gasteiger partial charge in [0.25, 0.3) is 0 Å². The van der Waals surface area contributed by atoms with Gasteiger partial charge in [-0.05, 0) is 77.0 Å². The van der Waals surface area contributed by atoms with Gasteiger partial charge in [0.15, 0.2) is 0 Å². The molecule has 0 aliphatic heterocycles. The van der Waals surface area contributed by atoms with Crippen molar-refractivity contribution >= 4 is 23.8 Å². The number of esters is 1. The summed E-state index contributed by atoms with van der Waals surface area (Å²) in [6, 6.07) is -1.38. The van der Waals surface area contributed by atoms with Crippen molar-refractivity contribution in [2.45, 2.75) is 244 Å². The van der Waals surface area contributed by atoms with Gasteiger partial charge in [0.1, 0.15) is 12.1 Å². The molecule has 0 bridgehead atoms. The fourth-order valence-electron chi connectivity index (χ4n) is 7.30. The van der Waals surface area contributed by atoms with Crippen LogP contribution in [-0.4, -0.2) is 59.3 Å². The minimum Gasteiger partial charge on any atom is -0.480 e. The van der Waals surface area contributed by atoms with Gasteiger partial charge >= 0.3 is 11.9 Å². The summed E-state index contributed by atoms with van der Waals surface area (Å²) in [5.74, 6) is -2.29. The van der Waals surface area contributed by atoms with E-state index in [9.17, 15) is 19.2 Å². The molecule has 0 saturated carbocycles. The van der Waals surface area contributed by atoms with Gasteiger partial charge in [-0.25, -0.2) is 4.79 Å². The van der Waals surface area contributed by atoms with E-state index in [0.29, 0.717) is 19.3 Å². The molecular weight excluding hydrogens is 765 g/mol. The van der Waals surface area contributed by atoms with Crippen LogP contribution in [0, 0.1) is 0 Å². The van der Waals surface area contributed by atoms with Crippen LogP contribution in [0.4, 0.5) is 0 Å². The van der Waals surface area contributed by atoms with Gasteiger partial charge < -0.3 is 25.6 Å². The first kappa shape index (κ1) is 57.8. The van der Waals surface area contributed by atoms with E-state index in [-0.39, 0.29) is 24.5 Å². The monoisotopic (exact) mass is 857 g/mol. The molecule has 9 nitrogen and oxygen atoms in total. The van der Waals surface area contributed by atoms with Gasteiger partial charge in [-0.15, -0.1) is 0 Å². The van der Waals surface area contributed by atoms with Gasteiger partial charge in [0, 0.05) is 12.8 Å². The molecule has 352 valence electrons. The van der Waals surface area contributed by atoms with E-state index >= 15 is 0 Å². The topological polar surface area (TPSA) is 142 Å². The van der Waals surface area contributed by atoms with Crippen molar-refractivity contribution in [2.24, 2.45) is 0 Å². The van der Waals surface area contributed by atoms with Crippen LogP contribution in [0.2, 0.25) is 0 Å². The molecule has 0 heterocycles. The summed E-state index contributed by atoms with van der Waals surface area (Å²) in [4.78, 5) is 47.7. The van der Waals surface area contributed by atoms with Crippen molar-refractivity contribution in [3.8, 4) is 0 Å². The van der Waals surface area contributed by atoms with E-state index in [2.05, 4.69) is 73.1 Å². The van der Waals surface area contributed by atoms with Gasteiger partial charge in [-0.2, -0.15) is 0 Å². The highest BCUT2D eigenvalue weighted by Gasteiger charge is 2.19. The second-order valence-corrected chi connectivity index (χ2v) is 16.9.